The number of carbonyl (C=O) groups excluding carboxylic acids is 2. The lowest BCUT2D eigenvalue weighted by Gasteiger charge is -2.40. The van der Waals surface area contributed by atoms with Crippen molar-refractivity contribution in [3.8, 4) is 5.75 Å². The van der Waals surface area contributed by atoms with Gasteiger partial charge in [-0.2, -0.15) is 0 Å². The van der Waals surface area contributed by atoms with E-state index >= 15 is 0 Å². The number of methoxy groups -OCH3 is 1. The van der Waals surface area contributed by atoms with E-state index < -0.39 is 5.91 Å². The Morgan fingerprint density at radius 1 is 1.21 bits per heavy atom. The maximum atomic E-state index is 12.8. The van der Waals surface area contributed by atoms with Gasteiger partial charge in [0.2, 0.25) is 5.91 Å². The molecule has 2 amide bonds. The number of fused-ring (bicyclic) bond motifs is 2. The van der Waals surface area contributed by atoms with Crippen molar-refractivity contribution in [1.82, 2.24) is 10.3 Å². The third kappa shape index (κ3) is 3.74. The van der Waals surface area contributed by atoms with Gasteiger partial charge in [0.1, 0.15) is 11.6 Å². The summed E-state index contributed by atoms with van der Waals surface area (Å²) in [6, 6.07) is 9.42. The van der Waals surface area contributed by atoms with E-state index in [1.54, 1.807) is 24.3 Å². The summed E-state index contributed by atoms with van der Waals surface area (Å²) in [4.78, 5) is 30.8. The Morgan fingerprint density at radius 2 is 1.93 bits per heavy atom. The van der Waals surface area contributed by atoms with E-state index in [-0.39, 0.29) is 11.9 Å². The topological polar surface area (TPSA) is 97.5 Å². The van der Waals surface area contributed by atoms with Gasteiger partial charge in [-0.1, -0.05) is 17.7 Å². The number of nitrogens with zero attached hydrogens (tertiary/aromatic N) is 2. The van der Waals surface area contributed by atoms with E-state index in [4.69, 9.17) is 22.1 Å². The van der Waals surface area contributed by atoms with Crippen LogP contribution in [-0.2, 0) is 0 Å². The number of hydrogen-bond donors (Lipinski definition) is 2. The van der Waals surface area contributed by atoms with E-state index in [0.717, 1.165) is 31.5 Å². The molecular formula is C21H23ClN4O3. The van der Waals surface area contributed by atoms with Gasteiger partial charge in [-0.05, 0) is 49.9 Å². The number of primary amides is 1. The molecule has 2 saturated heterocycles. The number of benzene rings is 1. The molecule has 8 heteroatoms. The molecule has 7 nitrogen and oxygen atoms in total. The molecule has 2 aliphatic rings. The second-order valence-corrected chi connectivity index (χ2v) is 7.90. The van der Waals surface area contributed by atoms with Crippen LogP contribution in [0.4, 0.5) is 5.82 Å². The molecule has 2 aliphatic heterocycles. The fraction of sp³-hybridized carbons (Fsp3) is 0.381. The molecule has 4 rings (SSSR count). The van der Waals surface area contributed by atoms with E-state index in [9.17, 15) is 9.59 Å². The molecule has 0 spiro atoms. The molecular weight excluding hydrogens is 392 g/mol. The molecule has 0 aliphatic carbocycles. The van der Waals surface area contributed by atoms with Gasteiger partial charge in [0.15, 0.2) is 0 Å². The standard InChI is InChI=1S/C21H23ClN4O3/c1-29-17-4-2-3-16(19(17)22)21(28)25-13-9-14-6-7-15(10-13)26(14)18-8-5-12(11-24-18)20(23)27/h2-5,8,11,13-15H,6-7,9-10H2,1H3,(H2,23,27)(H,25,28)/t13?,14-,15+. The van der Waals surface area contributed by atoms with Gasteiger partial charge in [-0.25, -0.2) is 4.98 Å². The van der Waals surface area contributed by atoms with Crippen molar-refractivity contribution < 1.29 is 14.3 Å². The molecule has 3 heterocycles. The maximum absolute atomic E-state index is 12.8. The monoisotopic (exact) mass is 414 g/mol. The molecule has 3 atom stereocenters. The Morgan fingerprint density at radius 3 is 2.52 bits per heavy atom. The average molecular weight is 415 g/mol. The Balaban J connectivity index is 1.45. The third-order valence-electron chi connectivity index (χ3n) is 5.79. The number of halogens is 1. The highest BCUT2D eigenvalue weighted by molar-refractivity contribution is 6.35. The van der Waals surface area contributed by atoms with Gasteiger partial charge in [0, 0.05) is 24.3 Å². The minimum Gasteiger partial charge on any atom is -0.495 e. The van der Waals surface area contributed by atoms with Crippen LogP contribution in [-0.4, -0.2) is 42.0 Å². The highest BCUT2D eigenvalue weighted by Gasteiger charge is 2.41. The second kappa shape index (κ2) is 7.91. The maximum Gasteiger partial charge on any atom is 0.253 e. The number of nitrogens with one attached hydrogen (secondary N) is 1. The van der Waals surface area contributed by atoms with Gasteiger partial charge >= 0.3 is 0 Å². The molecule has 0 saturated carbocycles. The third-order valence-corrected chi connectivity index (χ3v) is 6.18. The Labute approximate surface area is 174 Å². The van der Waals surface area contributed by atoms with Crippen LogP contribution in [0, 0.1) is 0 Å². The number of amides is 2. The summed E-state index contributed by atoms with van der Waals surface area (Å²) < 4.78 is 5.20. The van der Waals surface area contributed by atoms with Crippen molar-refractivity contribution in [1.29, 1.82) is 0 Å². The number of anilines is 1. The molecule has 0 radical (unpaired) electrons. The van der Waals surface area contributed by atoms with Crippen LogP contribution < -0.4 is 20.7 Å². The average Bonchev–Trinajstić information content (AvgIpc) is 2.98. The number of ether oxygens (including phenoxy) is 1. The zero-order valence-corrected chi connectivity index (χ0v) is 16.9. The summed E-state index contributed by atoms with van der Waals surface area (Å²) in [5, 5.41) is 3.46. The number of piperidine rings is 1. The van der Waals surface area contributed by atoms with E-state index in [1.807, 2.05) is 6.07 Å². The fourth-order valence-electron chi connectivity index (χ4n) is 4.46. The van der Waals surface area contributed by atoms with Crippen molar-refractivity contribution in [2.24, 2.45) is 5.73 Å². The molecule has 2 aromatic rings. The van der Waals surface area contributed by atoms with Gasteiger partial charge in [-0.3, -0.25) is 9.59 Å². The molecule has 1 aromatic heterocycles. The quantitative estimate of drug-likeness (QED) is 0.784. The van der Waals surface area contributed by atoms with Crippen LogP contribution in [0.2, 0.25) is 5.02 Å². The van der Waals surface area contributed by atoms with Crippen molar-refractivity contribution >= 4 is 29.2 Å². The lowest BCUT2D eigenvalue weighted by Crippen LogP contribution is -2.50. The van der Waals surface area contributed by atoms with Crippen molar-refractivity contribution in [3.63, 3.8) is 0 Å². The first-order chi connectivity index (χ1) is 14.0. The largest absolute Gasteiger partial charge is 0.495 e. The fourth-order valence-corrected chi connectivity index (χ4v) is 4.75. The summed E-state index contributed by atoms with van der Waals surface area (Å²) in [5.74, 6) is 0.670. The normalized spacial score (nSPS) is 23.0. The highest BCUT2D eigenvalue weighted by atomic mass is 35.5. The van der Waals surface area contributed by atoms with Crippen LogP contribution in [0.25, 0.3) is 0 Å². The van der Waals surface area contributed by atoms with Crippen molar-refractivity contribution in [2.45, 2.75) is 43.8 Å². The zero-order chi connectivity index (χ0) is 20.5. The lowest BCUT2D eigenvalue weighted by atomic mass is 9.96. The molecule has 1 unspecified atom stereocenters. The molecule has 152 valence electrons. The summed E-state index contributed by atoms with van der Waals surface area (Å²) in [7, 11) is 1.53. The predicted molar refractivity (Wildman–Crippen MR) is 111 cm³/mol. The van der Waals surface area contributed by atoms with Gasteiger partial charge in [0.05, 0.1) is 23.3 Å². The first-order valence-corrected chi connectivity index (χ1v) is 10.0. The Hall–Kier alpha value is -2.80. The number of nitrogens with two attached hydrogens (primary N) is 1. The number of carbonyl (C=O) groups is 2. The number of rotatable bonds is 5. The summed E-state index contributed by atoms with van der Waals surface area (Å²) >= 11 is 6.29. The van der Waals surface area contributed by atoms with Crippen LogP contribution in [0.3, 0.4) is 0 Å². The second-order valence-electron chi connectivity index (χ2n) is 7.53. The smallest absolute Gasteiger partial charge is 0.253 e. The predicted octanol–water partition coefficient (Wildman–Crippen LogP) is 2.77. The van der Waals surface area contributed by atoms with Gasteiger partial charge in [-0.15, -0.1) is 0 Å². The molecule has 3 N–H and O–H groups in total. The first-order valence-electron chi connectivity index (χ1n) is 9.65. The molecule has 2 fully saturated rings. The van der Waals surface area contributed by atoms with Gasteiger partial charge in [0.25, 0.3) is 5.91 Å². The van der Waals surface area contributed by atoms with Crippen LogP contribution >= 0.6 is 11.6 Å². The first kappa shape index (κ1) is 19.5. The van der Waals surface area contributed by atoms with Crippen molar-refractivity contribution in [2.75, 3.05) is 12.0 Å². The number of aromatic nitrogens is 1. The summed E-state index contributed by atoms with van der Waals surface area (Å²) in [5.41, 5.74) is 6.12. The number of hydrogen-bond acceptors (Lipinski definition) is 5. The van der Waals surface area contributed by atoms with Crippen molar-refractivity contribution in [3.05, 3.63) is 52.7 Å². The minimum atomic E-state index is -0.482. The van der Waals surface area contributed by atoms with Crippen LogP contribution in [0.1, 0.15) is 46.4 Å². The van der Waals surface area contributed by atoms with Crippen LogP contribution in [0.15, 0.2) is 36.5 Å². The Bertz CT molecular complexity index is 920. The number of pyridine rings is 1. The lowest BCUT2D eigenvalue weighted by molar-refractivity contribution is 0.0926. The molecule has 29 heavy (non-hydrogen) atoms. The highest BCUT2D eigenvalue weighted by Crippen LogP contribution is 2.39. The van der Waals surface area contributed by atoms with Gasteiger partial charge < -0.3 is 20.7 Å². The van der Waals surface area contributed by atoms with Crippen LogP contribution in [0.5, 0.6) is 5.75 Å². The van der Waals surface area contributed by atoms with E-state index in [2.05, 4.69) is 15.2 Å². The zero-order valence-electron chi connectivity index (χ0n) is 16.1. The Kier molecular flexibility index (Phi) is 5.32. The van der Waals surface area contributed by atoms with E-state index in [0.29, 0.717) is 34.0 Å². The molecule has 1 aromatic carbocycles. The van der Waals surface area contributed by atoms with E-state index in [1.165, 1.54) is 13.3 Å². The minimum absolute atomic E-state index is 0.0726. The summed E-state index contributed by atoms with van der Waals surface area (Å²) in [6.45, 7) is 0. The summed E-state index contributed by atoms with van der Waals surface area (Å²) in [6.07, 6.45) is 5.30. The molecule has 2 bridgehead atoms. The SMILES string of the molecule is COc1cccc(C(=O)NC2C[C@H]3CC[C@@H](C2)N3c2ccc(C(N)=O)cn2)c1Cl.